The van der Waals surface area contributed by atoms with Crippen LogP contribution in [0.5, 0.6) is 0 Å². The van der Waals surface area contributed by atoms with Crippen LogP contribution in [0.2, 0.25) is 0 Å². The second kappa shape index (κ2) is 10.6. The molecule has 1 fully saturated rings. The Balaban J connectivity index is 1.46. The molecule has 0 radical (unpaired) electrons. The second-order valence-corrected chi connectivity index (χ2v) is 12.6. The Hall–Kier alpha value is -3.25. The van der Waals surface area contributed by atoms with Gasteiger partial charge in [0.15, 0.2) is 15.5 Å². The van der Waals surface area contributed by atoms with E-state index in [1.165, 1.54) is 12.1 Å². The molecule has 2 aromatic heterocycles. The fraction of sp³-hybridized carbons (Fsp3) is 0.520. The van der Waals surface area contributed by atoms with Crippen molar-refractivity contribution in [3.05, 3.63) is 36.7 Å². The first-order valence-corrected chi connectivity index (χ1v) is 14.0. The van der Waals surface area contributed by atoms with Crippen molar-refractivity contribution in [1.82, 2.24) is 24.6 Å². The zero-order valence-corrected chi connectivity index (χ0v) is 22.1. The lowest BCUT2D eigenvalue weighted by molar-refractivity contribution is 0.0489. The number of aromatic nitrogens is 4. The SMILES string of the molecule is CC(C)(C)N(C(=O)O)[C@H]1CC[C@H](Cn2ncc3cnc(Nc4cccc(S(=O)(=O)CCO)c4)nc32)CC1. The van der Waals surface area contributed by atoms with E-state index in [0.717, 1.165) is 31.1 Å². The first-order chi connectivity index (χ1) is 17.5. The Kier molecular flexibility index (Phi) is 7.69. The lowest BCUT2D eigenvalue weighted by Gasteiger charge is -2.42. The predicted molar refractivity (Wildman–Crippen MR) is 140 cm³/mol. The number of hydrogen-bond donors (Lipinski definition) is 3. The number of sulfone groups is 1. The molecule has 1 aliphatic carbocycles. The lowest BCUT2D eigenvalue weighted by atomic mass is 9.84. The van der Waals surface area contributed by atoms with Crippen molar-refractivity contribution in [2.75, 3.05) is 17.7 Å². The fourth-order valence-electron chi connectivity index (χ4n) is 5.02. The molecule has 11 nitrogen and oxygen atoms in total. The third-order valence-electron chi connectivity index (χ3n) is 6.73. The number of benzene rings is 1. The van der Waals surface area contributed by atoms with Gasteiger partial charge in [-0.2, -0.15) is 10.1 Å². The molecule has 0 bridgehead atoms. The van der Waals surface area contributed by atoms with Crippen molar-refractivity contribution in [3.8, 4) is 0 Å². The zero-order chi connectivity index (χ0) is 26.8. The lowest BCUT2D eigenvalue weighted by Crippen LogP contribution is -2.52. The van der Waals surface area contributed by atoms with E-state index in [4.69, 9.17) is 5.11 Å². The van der Waals surface area contributed by atoms with Gasteiger partial charge in [0.2, 0.25) is 5.95 Å². The largest absolute Gasteiger partial charge is 0.465 e. The molecule has 1 saturated carbocycles. The van der Waals surface area contributed by atoms with Crippen LogP contribution in [0.4, 0.5) is 16.4 Å². The number of rotatable bonds is 8. The van der Waals surface area contributed by atoms with E-state index < -0.39 is 28.1 Å². The predicted octanol–water partition coefficient (Wildman–Crippen LogP) is 3.67. The molecular weight excluding hydrogens is 496 g/mol. The molecule has 4 rings (SSSR count). The highest BCUT2D eigenvalue weighted by atomic mass is 32.2. The number of aliphatic hydroxyl groups excluding tert-OH is 1. The Morgan fingerprint density at radius 3 is 2.57 bits per heavy atom. The Bertz CT molecular complexity index is 1360. The molecule has 0 unspecified atom stereocenters. The van der Waals surface area contributed by atoms with Crippen molar-refractivity contribution in [2.24, 2.45) is 5.92 Å². The molecule has 37 heavy (non-hydrogen) atoms. The maximum Gasteiger partial charge on any atom is 0.407 e. The van der Waals surface area contributed by atoms with Crippen molar-refractivity contribution in [1.29, 1.82) is 0 Å². The highest BCUT2D eigenvalue weighted by molar-refractivity contribution is 7.91. The molecule has 1 aliphatic rings. The van der Waals surface area contributed by atoms with E-state index in [1.807, 2.05) is 25.5 Å². The third kappa shape index (κ3) is 6.19. The number of aliphatic hydroxyl groups is 1. The van der Waals surface area contributed by atoms with E-state index in [1.54, 1.807) is 29.4 Å². The molecule has 0 aliphatic heterocycles. The average molecular weight is 531 g/mol. The molecule has 3 N–H and O–H groups in total. The zero-order valence-electron chi connectivity index (χ0n) is 21.3. The molecule has 1 aromatic carbocycles. The van der Waals surface area contributed by atoms with E-state index in [2.05, 4.69) is 20.4 Å². The van der Waals surface area contributed by atoms with Crippen LogP contribution in [-0.4, -0.2) is 73.3 Å². The highest BCUT2D eigenvalue weighted by Crippen LogP contribution is 2.32. The minimum atomic E-state index is -3.58. The summed E-state index contributed by atoms with van der Waals surface area (Å²) in [6.07, 6.45) is 5.94. The summed E-state index contributed by atoms with van der Waals surface area (Å²) in [5.74, 6) is 0.330. The minimum absolute atomic E-state index is 0.0122. The standard InChI is InChI=1S/C25H34N6O5S/c1-25(2,3)31(24(33)34)20-9-7-17(8-10-20)16-30-22-18(15-27-30)14-26-23(29-22)28-19-5-4-6-21(13-19)37(35,36)12-11-32/h4-6,13-15,17,20,32H,7-12,16H2,1-3H3,(H,33,34)(H,26,28,29)/t17-,20-. The number of hydrogen-bond acceptors (Lipinski definition) is 8. The smallest absolute Gasteiger partial charge is 0.407 e. The molecule has 0 saturated heterocycles. The number of amides is 1. The summed E-state index contributed by atoms with van der Waals surface area (Å²) in [5.41, 5.74) is 0.750. The van der Waals surface area contributed by atoms with Gasteiger partial charge in [0.05, 0.1) is 28.8 Å². The van der Waals surface area contributed by atoms with Crippen LogP contribution in [0.25, 0.3) is 11.0 Å². The number of fused-ring (bicyclic) bond motifs is 1. The van der Waals surface area contributed by atoms with Crippen LogP contribution in [0, 0.1) is 5.92 Å². The van der Waals surface area contributed by atoms with Gasteiger partial charge in [-0.05, 0) is 70.6 Å². The first kappa shape index (κ1) is 26.8. The van der Waals surface area contributed by atoms with Crippen molar-refractivity contribution < 1.29 is 23.4 Å². The molecule has 3 aromatic rings. The topological polar surface area (TPSA) is 151 Å². The van der Waals surface area contributed by atoms with Crippen LogP contribution < -0.4 is 5.32 Å². The summed E-state index contributed by atoms with van der Waals surface area (Å²) in [5, 5.41) is 27.1. The van der Waals surface area contributed by atoms with E-state index >= 15 is 0 Å². The third-order valence-corrected chi connectivity index (χ3v) is 8.42. The van der Waals surface area contributed by atoms with Gasteiger partial charge in [-0.15, -0.1) is 0 Å². The van der Waals surface area contributed by atoms with E-state index in [0.29, 0.717) is 29.7 Å². The highest BCUT2D eigenvalue weighted by Gasteiger charge is 2.35. The molecular formula is C25H34N6O5S. The van der Waals surface area contributed by atoms with E-state index in [9.17, 15) is 18.3 Å². The molecule has 0 spiro atoms. The van der Waals surface area contributed by atoms with Gasteiger partial charge in [0.25, 0.3) is 0 Å². The summed E-state index contributed by atoms with van der Waals surface area (Å²) < 4.78 is 26.4. The number of nitrogens with one attached hydrogen (secondary N) is 1. The summed E-state index contributed by atoms with van der Waals surface area (Å²) in [4.78, 5) is 22.5. The molecule has 1 amide bonds. The average Bonchev–Trinajstić information content (AvgIpc) is 3.21. The number of anilines is 2. The van der Waals surface area contributed by atoms with Crippen molar-refractivity contribution >= 4 is 38.6 Å². The normalized spacial score (nSPS) is 18.6. The van der Waals surface area contributed by atoms with Gasteiger partial charge in [0.1, 0.15) is 0 Å². The Labute approximate surface area is 216 Å². The maximum atomic E-state index is 12.3. The number of nitrogens with zero attached hydrogens (tertiary/aromatic N) is 5. The summed E-state index contributed by atoms with van der Waals surface area (Å²) in [7, 11) is -3.58. The van der Waals surface area contributed by atoms with Gasteiger partial charge < -0.3 is 20.4 Å². The summed E-state index contributed by atoms with van der Waals surface area (Å²) in [6.45, 7) is 6.01. The van der Waals surface area contributed by atoms with Gasteiger partial charge in [-0.25, -0.2) is 22.9 Å². The van der Waals surface area contributed by atoms with Gasteiger partial charge in [0, 0.05) is 30.0 Å². The van der Waals surface area contributed by atoms with Gasteiger partial charge in [-0.3, -0.25) is 0 Å². The first-order valence-electron chi connectivity index (χ1n) is 12.4. The summed E-state index contributed by atoms with van der Waals surface area (Å²) >= 11 is 0. The molecule has 200 valence electrons. The van der Waals surface area contributed by atoms with Crippen LogP contribution in [0.1, 0.15) is 46.5 Å². The molecule has 0 atom stereocenters. The number of carbonyl (C=O) groups is 1. The van der Waals surface area contributed by atoms with Gasteiger partial charge in [-0.1, -0.05) is 6.07 Å². The maximum absolute atomic E-state index is 12.3. The molecule has 12 heteroatoms. The van der Waals surface area contributed by atoms with Crippen LogP contribution >= 0.6 is 0 Å². The Morgan fingerprint density at radius 2 is 1.92 bits per heavy atom. The Morgan fingerprint density at radius 1 is 1.19 bits per heavy atom. The molecule has 2 heterocycles. The quantitative estimate of drug-likeness (QED) is 0.396. The van der Waals surface area contributed by atoms with Crippen LogP contribution in [-0.2, 0) is 16.4 Å². The fourth-order valence-corrected chi connectivity index (χ4v) is 6.08. The van der Waals surface area contributed by atoms with Crippen molar-refractivity contribution in [2.45, 2.75) is 69.5 Å². The number of carboxylic acid groups (broad SMARTS) is 1. The van der Waals surface area contributed by atoms with Crippen molar-refractivity contribution in [3.63, 3.8) is 0 Å². The summed E-state index contributed by atoms with van der Waals surface area (Å²) in [6, 6.07) is 6.34. The van der Waals surface area contributed by atoms with Crippen LogP contribution in [0.3, 0.4) is 0 Å². The second-order valence-electron chi connectivity index (χ2n) is 10.5. The van der Waals surface area contributed by atoms with Crippen LogP contribution in [0.15, 0.2) is 41.6 Å². The van der Waals surface area contributed by atoms with E-state index in [-0.39, 0.29) is 16.7 Å². The minimum Gasteiger partial charge on any atom is -0.465 e. The van der Waals surface area contributed by atoms with Gasteiger partial charge >= 0.3 is 6.09 Å². The monoisotopic (exact) mass is 530 g/mol.